The van der Waals surface area contributed by atoms with Crippen molar-refractivity contribution in [3.63, 3.8) is 0 Å². The monoisotopic (exact) mass is 164 g/mol. The molecule has 1 N–H and O–H groups in total. The fourth-order valence-corrected chi connectivity index (χ4v) is 0.532. The zero-order valence-electron chi connectivity index (χ0n) is 7.35. The van der Waals surface area contributed by atoms with Crippen LogP contribution in [0.3, 0.4) is 0 Å². The van der Waals surface area contributed by atoms with Crippen LogP contribution < -0.4 is 5.32 Å². The first kappa shape index (κ1) is 10.4. The third-order valence-corrected chi connectivity index (χ3v) is 1.23. The molecule has 1 amide bonds. The third-order valence-electron chi connectivity index (χ3n) is 1.23. The Bertz CT molecular complexity index is 258. The fourth-order valence-electron chi connectivity index (χ4n) is 0.532. The molecule has 0 aromatic heterocycles. The van der Waals surface area contributed by atoms with Gasteiger partial charge in [-0.3, -0.25) is 4.79 Å². The lowest BCUT2D eigenvalue weighted by Gasteiger charge is -2.02. The highest BCUT2D eigenvalue weighted by Crippen LogP contribution is 1.90. The number of nitrogens with one attached hydrogen (secondary N) is 1. The van der Waals surface area contributed by atoms with Crippen molar-refractivity contribution in [2.24, 2.45) is 0 Å². The second-order valence-electron chi connectivity index (χ2n) is 2.58. The summed E-state index contributed by atoms with van der Waals surface area (Å²) >= 11 is 0. The average Bonchev–Trinajstić information content (AvgIpc) is 2.00. The van der Waals surface area contributed by atoms with Gasteiger partial charge in [0.15, 0.2) is 0 Å². The predicted molar refractivity (Wildman–Crippen MR) is 47.2 cm³/mol. The Morgan fingerprint density at radius 2 is 2.25 bits per heavy atom. The molecule has 0 aliphatic rings. The molecule has 0 atom stereocenters. The molecule has 0 aliphatic heterocycles. The number of amides is 1. The summed E-state index contributed by atoms with van der Waals surface area (Å²) in [6.45, 7) is 7.30. The Morgan fingerprint density at radius 1 is 1.67 bits per heavy atom. The van der Waals surface area contributed by atoms with Gasteiger partial charge in [0, 0.05) is 18.2 Å². The number of rotatable bonds is 3. The molecule has 0 aliphatic carbocycles. The first-order valence-electron chi connectivity index (χ1n) is 3.57. The molecule has 0 rings (SSSR count). The maximum Gasteiger partial charge on any atom is 0.246 e. The summed E-state index contributed by atoms with van der Waals surface area (Å²) in [5, 5.41) is 10.9. The number of allylic oxidation sites excluding steroid dienone is 1. The van der Waals surface area contributed by atoms with E-state index in [-0.39, 0.29) is 5.91 Å². The van der Waals surface area contributed by atoms with Crippen LogP contribution in [0.5, 0.6) is 0 Å². The summed E-state index contributed by atoms with van der Waals surface area (Å²) in [5.41, 5.74) is 1.30. The number of hydrogen-bond acceptors (Lipinski definition) is 2. The van der Waals surface area contributed by atoms with Crippen molar-refractivity contribution in [3.8, 4) is 6.07 Å². The van der Waals surface area contributed by atoms with Gasteiger partial charge in [-0.25, -0.2) is 0 Å². The van der Waals surface area contributed by atoms with Gasteiger partial charge in [0.2, 0.25) is 5.91 Å². The van der Waals surface area contributed by atoms with Crippen molar-refractivity contribution in [3.05, 3.63) is 23.8 Å². The number of nitriles is 1. The Balaban J connectivity index is 3.86. The maximum absolute atomic E-state index is 10.9. The normalized spacial score (nSPS) is 10.2. The summed E-state index contributed by atoms with van der Waals surface area (Å²) in [6.07, 6.45) is 1.40. The summed E-state index contributed by atoms with van der Waals surface area (Å²) in [7, 11) is 0. The van der Waals surface area contributed by atoms with Gasteiger partial charge in [-0.05, 0) is 19.4 Å². The van der Waals surface area contributed by atoms with Gasteiger partial charge in [0.05, 0.1) is 6.07 Å². The van der Waals surface area contributed by atoms with Crippen LogP contribution >= 0.6 is 0 Å². The molecule has 0 aromatic rings. The van der Waals surface area contributed by atoms with Gasteiger partial charge in [-0.2, -0.15) is 5.26 Å². The highest BCUT2D eigenvalue weighted by atomic mass is 16.1. The molecule has 3 nitrogen and oxygen atoms in total. The van der Waals surface area contributed by atoms with E-state index in [0.29, 0.717) is 12.1 Å². The molecule has 3 heteroatoms. The fraction of sp³-hybridized carbons (Fsp3) is 0.333. The highest BCUT2D eigenvalue weighted by molar-refractivity contribution is 5.92. The lowest BCUT2D eigenvalue weighted by Crippen LogP contribution is -2.25. The van der Waals surface area contributed by atoms with Gasteiger partial charge in [-0.1, -0.05) is 6.58 Å². The molecule has 0 heterocycles. The molecule has 64 valence electrons. The van der Waals surface area contributed by atoms with Crippen LogP contribution in [-0.2, 0) is 4.79 Å². The topological polar surface area (TPSA) is 52.9 Å². The third kappa shape index (κ3) is 4.29. The second-order valence-corrected chi connectivity index (χ2v) is 2.58. The number of carbonyl (C=O) groups excluding carboxylic acids is 1. The number of nitrogens with zero attached hydrogens (tertiary/aromatic N) is 1. The zero-order chi connectivity index (χ0) is 9.56. The Labute approximate surface area is 72.4 Å². The molecule has 12 heavy (non-hydrogen) atoms. The van der Waals surface area contributed by atoms with E-state index in [1.807, 2.05) is 6.07 Å². The van der Waals surface area contributed by atoms with Crippen LogP contribution in [0.15, 0.2) is 23.8 Å². The second kappa shape index (κ2) is 5.14. The summed E-state index contributed by atoms with van der Waals surface area (Å²) in [4.78, 5) is 10.9. The quantitative estimate of drug-likeness (QED) is 0.502. The van der Waals surface area contributed by atoms with E-state index >= 15 is 0 Å². The van der Waals surface area contributed by atoms with E-state index in [9.17, 15) is 4.79 Å². The molecular formula is C9H12N2O. The Morgan fingerprint density at radius 3 is 2.67 bits per heavy atom. The minimum atomic E-state index is -0.180. The van der Waals surface area contributed by atoms with Crippen LogP contribution in [0.1, 0.15) is 13.8 Å². The maximum atomic E-state index is 10.9. The minimum Gasteiger partial charge on any atom is -0.349 e. The van der Waals surface area contributed by atoms with E-state index in [2.05, 4.69) is 11.9 Å². The van der Waals surface area contributed by atoms with Crippen molar-refractivity contribution in [2.75, 3.05) is 6.54 Å². The number of carbonyl (C=O) groups is 1. The first-order valence-corrected chi connectivity index (χ1v) is 3.57. The van der Waals surface area contributed by atoms with E-state index < -0.39 is 0 Å². The van der Waals surface area contributed by atoms with Gasteiger partial charge < -0.3 is 5.32 Å². The lowest BCUT2D eigenvalue weighted by molar-refractivity contribution is -0.117. The van der Waals surface area contributed by atoms with Crippen LogP contribution in [-0.4, -0.2) is 12.5 Å². The summed E-state index contributed by atoms with van der Waals surface area (Å²) in [6, 6.07) is 1.88. The molecule has 0 aromatic carbocycles. The average molecular weight is 164 g/mol. The van der Waals surface area contributed by atoms with Gasteiger partial charge in [0.25, 0.3) is 0 Å². The predicted octanol–water partition coefficient (Wildman–Crippen LogP) is 1.15. The molecule has 0 bridgehead atoms. The summed E-state index contributed by atoms with van der Waals surface area (Å²) in [5.74, 6) is -0.180. The highest BCUT2D eigenvalue weighted by Gasteiger charge is 1.99. The molecule has 0 fully saturated rings. The molecule has 0 saturated carbocycles. The largest absolute Gasteiger partial charge is 0.349 e. The summed E-state index contributed by atoms with van der Waals surface area (Å²) < 4.78 is 0. The van der Waals surface area contributed by atoms with Gasteiger partial charge in [0.1, 0.15) is 0 Å². The van der Waals surface area contributed by atoms with Crippen LogP contribution in [0, 0.1) is 11.3 Å². The SMILES string of the molecule is C=C(C)C(=O)NC/C(C)=C\C#N. The first-order chi connectivity index (χ1) is 5.57. The van der Waals surface area contributed by atoms with Crippen molar-refractivity contribution in [1.29, 1.82) is 5.26 Å². The van der Waals surface area contributed by atoms with Crippen LogP contribution in [0.25, 0.3) is 0 Å². The Hall–Kier alpha value is -1.56. The van der Waals surface area contributed by atoms with E-state index in [1.54, 1.807) is 13.8 Å². The van der Waals surface area contributed by atoms with E-state index in [1.165, 1.54) is 6.08 Å². The smallest absolute Gasteiger partial charge is 0.246 e. The van der Waals surface area contributed by atoms with Crippen molar-refractivity contribution < 1.29 is 4.79 Å². The van der Waals surface area contributed by atoms with Crippen molar-refractivity contribution in [1.82, 2.24) is 5.32 Å². The zero-order valence-corrected chi connectivity index (χ0v) is 7.35. The van der Waals surface area contributed by atoms with Gasteiger partial charge >= 0.3 is 0 Å². The lowest BCUT2D eigenvalue weighted by atomic mass is 10.2. The van der Waals surface area contributed by atoms with Crippen LogP contribution in [0.2, 0.25) is 0 Å². The number of hydrogen-bond donors (Lipinski definition) is 1. The van der Waals surface area contributed by atoms with Crippen LogP contribution in [0.4, 0.5) is 0 Å². The molecule has 0 spiro atoms. The standard InChI is InChI=1S/C9H12N2O/c1-7(2)9(12)11-6-8(3)4-5-10/h4H,1,6H2,2-3H3,(H,11,12)/b8-4-. The van der Waals surface area contributed by atoms with Gasteiger partial charge in [-0.15, -0.1) is 0 Å². The molecule has 0 unspecified atom stereocenters. The van der Waals surface area contributed by atoms with Crippen molar-refractivity contribution >= 4 is 5.91 Å². The molecule has 0 radical (unpaired) electrons. The van der Waals surface area contributed by atoms with E-state index in [0.717, 1.165) is 5.57 Å². The Kier molecular flexibility index (Phi) is 4.47. The van der Waals surface area contributed by atoms with Crippen molar-refractivity contribution in [2.45, 2.75) is 13.8 Å². The molecule has 0 saturated heterocycles. The minimum absolute atomic E-state index is 0.180. The molecular weight excluding hydrogens is 152 g/mol. The van der Waals surface area contributed by atoms with E-state index in [4.69, 9.17) is 5.26 Å².